The third-order valence-corrected chi connectivity index (χ3v) is 3.21. The number of carbonyl (C=O) groups is 1. The summed E-state index contributed by atoms with van der Waals surface area (Å²) in [6.07, 6.45) is 5.19. The monoisotopic (exact) mass is 219 g/mol. The fourth-order valence-electron chi connectivity index (χ4n) is 2.03. The van der Waals surface area contributed by atoms with Crippen molar-refractivity contribution in [3.63, 3.8) is 0 Å². The van der Waals surface area contributed by atoms with Gasteiger partial charge in [-0.05, 0) is 18.9 Å². The molecule has 0 amide bonds. The van der Waals surface area contributed by atoms with Gasteiger partial charge in [-0.15, -0.1) is 0 Å². The molecule has 2 aromatic rings. The maximum absolute atomic E-state index is 10.9. The minimum Gasteiger partial charge on any atom is -0.342 e. The summed E-state index contributed by atoms with van der Waals surface area (Å²) >= 11 is 6.17. The minimum atomic E-state index is 0.543. The van der Waals surface area contributed by atoms with Crippen molar-refractivity contribution in [2.75, 3.05) is 0 Å². The molecule has 3 rings (SSSR count). The van der Waals surface area contributed by atoms with Gasteiger partial charge in [-0.1, -0.05) is 23.7 Å². The maximum atomic E-state index is 10.9. The van der Waals surface area contributed by atoms with Gasteiger partial charge in [0.25, 0.3) is 0 Å². The van der Waals surface area contributed by atoms with Crippen molar-refractivity contribution < 1.29 is 4.79 Å². The molecule has 0 bridgehead atoms. The molecular weight excluding hydrogens is 210 g/mol. The van der Waals surface area contributed by atoms with E-state index in [0.29, 0.717) is 6.04 Å². The molecule has 1 aliphatic carbocycles. The molecule has 15 heavy (non-hydrogen) atoms. The Hall–Kier alpha value is -1.28. The molecule has 0 N–H and O–H groups in total. The summed E-state index contributed by atoms with van der Waals surface area (Å²) in [6, 6.07) is 6.25. The third-order valence-electron chi connectivity index (χ3n) is 2.90. The average molecular weight is 220 g/mol. The summed E-state index contributed by atoms with van der Waals surface area (Å²) in [5.74, 6) is 0. The zero-order valence-electron chi connectivity index (χ0n) is 8.11. The van der Waals surface area contributed by atoms with Crippen molar-refractivity contribution in [2.45, 2.75) is 18.9 Å². The van der Waals surface area contributed by atoms with Crippen LogP contribution in [-0.4, -0.2) is 10.9 Å². The maximum Gasteiger partial charge on any atom is 0.152 e. The van der Waals surface area contributed by atoms with Crippen molar-refractivity contribution in [3.8, 4) is 0 Å². The Morgan fingerprint density at radius 2 is 2.20 bits per heavy atom. The molecule has 1 aliphatic rings. The fourth-order valence-corrected chi connectivity index (χ4v) is 2.30. The van der Waals surface area contributed by atoms with E-state index in [2.05, 4.69) is 4.57 Å². The quantitative estimate of drug-likeness (QED) is 0.710. The second-order valence-electron chi connectivity index (χ2n) is 3.98. The number of nitrogens with zero attached hydrogens (tertiary/aromatic N) is 1. The van der Waals surface area contributed by atoms with Crippen molar-refractivity contribution >= 4 is 28.8 Å². The van der Waals surface area contributed by atoms with E-state index in [1.54, 1.807) is 0 Å². The number of carbonyl (C=O) groups excluding carboxylic acids is 1. The van der Waals surface area contributed by atoms with Crippen molar-refractivity contribution in [2.24, 2.45) is 0 Å². The Labute approximate surface area is 92.5 Å². The highest BCUT2D eigenvalue weighted by atomic mass is 35.5. The first kappa shape index (κ1) is 8.98. The molecule has 76 valence electrons. The van der Waals surface area contributed by atoms with E-state index in [4.69, 9.17) is 11.6 Å². The van der Waals surface area contributed by atoms with Crippen molar-refractivity contribution in [1.29, 1.82) is 0 Å². The van der Waals surface area contributed by atoms with Crippen LogP contribution in [0.5, 0.6) is 0 Å². The Balaban J connectivity index is 2.39. The zero-order valence-corrected chi connectivity index (χ0v) is 8.87. The Bertz CT molecular complexity index is 540. The zero-order chi connectivity index (χ0) is 10.4. The third kappa shape index (κ3) is 1.29. The lowest BCUT2D eigenvalue weighted by atomic mass is 10.2. The van der Waals surface area contributed by atoms with E-state index < -0.39 is 0 Å². The van der Waals surface area contributed by atoms with Crippen molar-refractivity contribution in [3.05, 3.63) is 35.0 Å². The summed E-state index contributed by atoms with van der Waals surface area (Å²) < 4.78 is 2.14. The van der Waals surface area contributed by atoms with Crippen LogP contribution < -0.4 is 0 Å². The van der Waals surface area contributed by atoms with Crippen LogP contribution in [0.4, 0.5) is 0 Å². The lowest BCUT2D eigenvalue weighted by Crippen LogP contribution is -1.90. The molecule has 1 fully saturated rings. The van der Waals surface area contributed by atoms with E-state index in [9.17, 15) is 4.79 Å². The first-order valence-electron chi connectivity index (χ1n) is 5.05. The van der Waals surface area contributed by atoms with E-state index >= 15 is 0 Å². The predicted molar refractivity (Wildman–Crippen MR) is 60.6 cm³/mol. The van der Waals surface area contributed by atoms with Crippen LogP contribution in [0.25, 0.3) is 10.9 Å². The number of halogens is 1. The number of aldehydes is 1. The number of rotatable bonds is 2. The van der Waals surface area contributed by atoms with Gasteiger partial charge >= 0.3 is 0 Å². The van der Waals surface area contributed by atoms with E-state index in [-0.39, 0.29) is 0 Å². The van der Waals surface area contributed by atoms with Gasteiger partial charge in [0, 0.05) is 23.2 Å². The van der Waals surface area contributed by atoms with Crippen LogP contribution in [0.3, 0.4) is 0 Å². The highest BCUT2D eigenvalue weighted by Crippen LogP contribution is 2.40. The number of benzene rings is 1. The molecule has 0 aliphatic heterocycles. The highest BCUT2D eigenvalue weighted by Gasteiger charge is 2.26. The highest BCUT2D eigenvalue weighted by molar-refractivity contribution is 6.35. The van der Waals surface area contributed by atoms with Gasteiger partial charge in [-0.3, -0.25) is 4.79 Å². The van der Waals surface area contributed by atoms with E-state index in [0.717, 1.165) is 27.8 Å². The molecular formula is C12H10ClNO. The van der Waals surface area contributed by atoms with Crippen LogP contribution in [0.2, 0.25) is 5.02 Å². The Morgan fingerprint density at radius 3 is 2.87 bits per heavy atom. The van der Waals surface area contributed by atoms with Gasteiger partial charge in [0.1, 0.15) is 0 Å². The Kier molecular flexibility index (Phi) is 1.86. The normalized spacial score (nSPS) is 15.8. The second-order valence-corrected chi connectivity index (χ2v) is 4.38. The number of para-hydroxylation sites is 1. The fraction of sp³-hybridized carbons (Fsp3) is 0.250. The number of fused-ring (bicyclic) bond motifs is 1. The molecule has 1 aromatic carbocycles. The number of hydrogen-bond acceptors (Lipinski definition) is 1. The van der Waals surface area contributed by atoms with Crippen molar-refractivity contribution in [1.82, 2.24) is 4.57 Å². The number of aromatic nitrogens is 1. The lowest BCUT2D eigenvalue weighted by molar-refractivity contribution is 0.112. The Morgan fingerprint density at radius 1 is 1.40 bits per heavy atom. The SMILES string of the molecule is O=Cc1cn(C2CC2)c2c(Cl)cccc12. The molecule has 0 saturated heterocycles. The summed E-state index contributed by atoms with van der Waals surface area (Å²) in [4.78, 5) is 10.9. The molecule has 0 radical (unpaired) electrons. The molecule has 1 aromatic heterocycles. The predicted octanol–water partition coefficient (Wildman–Crippen LogP) is 3.44. The van der Waals surface area contributed by atoms with Gasteiger partial charge in [0.15, 0.2) is 6.29 Å². The summed E-state index contributed by atoms with van der Waals surface area (Å²) in [5.41, 5.74) is 1.74. The largest absolute Gasteiger partial charge is 0.342 e. The first-order valence-corrected chi connectivity index (χ1v) is 5.43. The molecule has 2 nitrogen and oxygen atoms in total. The lowest BCUT2D eigenvalue weighted by Gasteiger charge is -2.03. The smallest absolute Gasteiger partial charge is 0.152 e. The summed E-state index contributed by atoms with van der Waals surface area (Å²) in [5, 5.41) is 1.69. The molecule has 0 spiro atoms. The van der Waals surface area contributed by atoms with E-state index in [1.165, 1.54) is 12.8 Å². The summed E-state index contributed by atoms with van der Waals surface area (Å²) in [6.45, 7) is 0. The molecule has 1 saturated carbocycles. The van der Waals surface area contributed by atoms with Gasteiger partial charge < -0.3 is 4.57 Å². The number of hydrogen-bond donors (Lipinski definition) is 0. The van der Waals surface area contributed by atoms with Gasteiger partial charge in [0.2, 0.25) is 0 Å². The van der Waals surface area contributed by atoms with Crippen LogP contribution in [-0.2, 0) is 0 Å². The molecule has 0 unspecified atom stereocenters. The van der Waals surface area contributed by atoms with E-state index in [1.807, 2.05) is 24.4 Å². The van der Waals surface area contributed by atoms with Gasteiger partial charge in [-0.25, -0.2) is 0 Å². The topological polar surface area (TPSA) is 22.0 Å². The van der Waals surface area contributed by atoms with Crippen LogP contribution in [0.1, 0.15) is 29.2 Å². The molecule has 0 atom stereocenters. The standard InChI is InChI=1S/C12H10ClNO/c13-11-3-1-2-10-8(7-15)6-14(12(10)11)9-4-5-9/h1-3,6-7,9H,4-5H2. The van der Waals surface area contributed by atoms with Gasteiger partial charge in [-0.2, -0.15) is 0 Å². The second kappa shape index (κ2) is 3.11. The first-order chi connectivity index (χ1) is 7.31. The van der Waals surface area contributed by atoms with Crippen LogP contribution in [0.15, 0.2) is 24.4 Å². The minimum absolute atomic E-state index is 0.543. The summed E-state index contributed by atoms with van der Waals surface area (Å²) in [7, 11) is 0. The van der Waals surface area contributed by atoms with Crippen LogP contribution in [0, 0.1) is 0 Å². The van der Waals surface area contributed by atoms with Crippen LogP contribution >= 0.6 is 11.6 Å². The van der Waals surface area contributed by atoms with Gasteiger partial charge in [0.05, 0.1) is 10.5 Å². The molecule has 3 heteroatoms. The molecule has 1 heterocycles. The average Bonchev–Trinajstić information content (AvgIpc) is 3.00.